The fourth-order valence-electron chi connectivity index (χ4n) is 4.71. The smallest absolute Gasteiger partial charge is 0.0875 e. The van der Waals surface area contributed by atoms with Gasteiger partial charge in [0.15, 0.2) is 0 Å². The van der Waals surface area contributed by atoms with E-state index in [9.17, 15) is 0 Å². The van der Waals surface area contributed by atoms with Crippen molar-refractivity contribution in [2.75, 3.05) is 6.54 Å². The van der Waals surface area contributed by atoms with Gasteiger partial charge in [-0.3, -0.25) is 4.90 Å². The highest BCUT2D eigenvalue weighted by molar-refractivity contribution is 6.30. The van der Waals surface area contributed by atoms with Gasteiger partial charge in [0.1, 0.15) is 0 Å². The number of rotatable bonds is 6. The molecule has 1 atom stereocenters. The first-order chi connectivity index (χ1) is 16.1. The molecule has 0 saturated heterocycles. The zero-order chi connectivity index (χ0) is 22.8. The van der Waals surface area contributed by atoms with Crippen LogP contribution in [0.3, 0.4) is 0 Å². The number of halogens is 1. The predicted octanol–water partition coefficient (Wildman–Crippen LogP) is 5.77. The molecule has 166 valence electrons. The molecular weight excluding hydrogens is 432 g/mol. The Morgan fingerprint density at radius 2 is 1.94 bits per heavy atom. The van der Waals surface area contributed by atoms with E-state index in [1.807, 2.05) is 24.3 Å². The molecule has 0 saturated carbocycles. The van der Waals surface area contributed by atoms with E-state index in [0.29, 0.717) is 5.70 Å². The molecule has 1 aromatic heterocycles. The Morgan fingerprint density at radius 1 is 1.12 bits per heavy atom. The van der Waals surface area contributed by atoms with Crippen LogP contribution in [0.4, 0.5) is 0 Å². The van der Waals surface area contributed by atoms with Gasteiger partial charge >= 0.3 is 0 Å². The summed E-state index contributed by atoms with van der Waals surface area (Å²) >= 11 is 6.21. The Hall–Kier alpha value is -3.45. The molecule has 5 rings (SSSR count). The van der Waals surface area contributed by atoms with Crippen LogP contribution in [0.15, 0.2) is 89.7 Å². The number of aromatic amines is 1. The van der Waals surface area contributed by atoms with Gasteiger partial charge in [0, 0.05) is 40.3 Å². The maximum atomic E-state index is 6.21. The second kappa shape index (κ2) is 9.19. The van der Waals surface area contributed by atoms with Crippen molar-refractivity contribution in [2.24, 2.45) is 16.2 Å². The summed E-state index contributed by atoms with van der Waals surface area (Å²) in [6.45, 7) is 5.72. The van der Waals surface area contributed by atoms with Gasteiger partial charge in [-0.2, -0.15) is 0 Å². The van der Waals surface area contributed by atoms with Crippen molar-refractivity contribution in [3.05, 3.63) is 112 Å². The lowest BCUT2D eigenvalue weighted by Gasteiger charge is -2.36. The summed E-state index contributed by atoms with van der Waals surface area (Å²) in [6.07, 6.45) is 0.992. The number of nitrogens with zero attached hydrogens (tertiary/aromatic N) is 3. The SMILES string of the molecule is C=C(/N=N\NN)c1cccc(CN2CCc3c([nH]c4ccccc34)C2c2ccc(Cl)cc2)c1. The molecule has 1 unspecified atom stereocenters. The first-order valence-corrected chi connectivity index (χ1v) is 11.3. The minimum Gasteiger partial charge on any atom is -0.357 e. The maximum absolute atomic E-state index is 6.21. The Kier molecular flexibility index (Phi) is 5.96. The molecule has 7 heteroatoms. The highest BCUT2D eigenvalue weighted by Gasteiger charge is 2.31. The van der Waals surface area contributed by atoms with E-state index in [2.05, 4.69) is 80.9 Å². The predicted molar refractivity (Wildman–Crippen MR) is 133 cm³/mol. The molecule has 2 heterocycles. The summed E-state index contributed by atoms with van der Waals surface area (Å²) in [5, 5.41) is 9.66. The molecule has 1 aliphatic rings. The van der Waals surface area contributed by atoms with Gasteiger partial charge in [-0.15, -0.1) is 5.11 Å². The highest BCUT2D eigenvalue weighted by atomic mass is 35.5. The molecule has 4 N–H and O–H groups in total. The maximum Gasteiger partial charge on any atom is 0.0875 e. The van der Waals surface area contributed by atoms with Crippen LogP contribution in [0.2, 0.25) is 5.02 Å². The van der Waals surface area contributed by atoms with Crippen LogP contribution in [0.1, 0.15) is 34.0 Å². The number of fused-ring (bicyclic) bond motifs is 3. The summed E-state index contributed by atoms with van der Waals surface area (Å²) < 4.78 is 0. The van der Waals surface area contributed by atoms with Gasteiger partial charge in [-0.1, -0.05) is 71.9 Å². The topological polar surface area (TPSA) is 81.8 Å². The second-order valence-electron chi connectivity index (χ2n) is 8.21. The Morgan fingerprint density at radius 3 is 2.76 bits per heavy atom. The highest BCUT2D eigenvalue weighted by Crippen LogP contribution is 2.39. The van der Waals surface area contributed by atoms with Gasteiger partial charge < -0.3 is 4.98 Å². The Labute approximate surface area is 197 Å². The number of hydrogen-bond donors (Lipinski definition) is 3. The third-order valence-electron chi connectivity index (χ3n) is 6.19. The fourth-order valence-corrected chi connectivity index (χ4v) is 4.84. The van der Waals surface area contributed by atoms with Crippen LogP contribution >= 0.6 is 11.6 Å². The van der Waals surface area contributed by atoms with Crippen LogP contribution in [0.5, 0.6) is 0 Å². The fraction of sp³-hybridized carbons (Fsp3) is 0.154. The van der Waals surface area contributed by atoms with Gasteiger partial charge in [-0.05, 0) is 47.4 Å². The first-order valence-electron chi connectivity index (χ1n) is 10.9. The Balaban J connectivity index is 1.52. The molecule has 4 aromatic rings. The minimum absolute atomic E-state index is 0.103. The molecule has 3 aromatic carbocycles. The molecule has 0 amide bonds. The third-order valence-corrected chi connectivity index (χ3v) is 6.45. The molecule has 1 aliphatic heterocycles. The van der Waals surface area contributed by atoms with E-state index in [1.165, 1.54) is 33.3 Å². The van der Waals surface area contributed by atoms with E-state index in [0.717, 1.165) is 30.1 Å². The second-order valence-corrected chi connectivity index (χ2v) is 8.65. The Bertz CT molecular complexity index is 1320. The van der Waals surface area contributed by atoms with Crippen molar-refractivity contribution < 1.29 is 0 Å². The van der Waals surface area contributed by atoms with E-state index < -0.39 is 0 Å². The third kappa shape index (κ3) is 4.28. The van der Waals surface area contributed by atoms with Crippen LogP contribution in [-0.2, 0) is 13.0 Å². The van der Waals surface area contributed by atoms with Crippen molar-refractivity contribution in [1.82, 2.24) is 15.4 Å². The minimum atomic E-state index is 0.103. The van der Waals surface area contributed by atoms with Gasteiger partial charge in [0.25, 0.3) is 0 Å². The number of aromatic nitrogens is 1. The van der Waals surface area contributed by atoms with Crippen LogP contribution in [-0.4, -0.2) is 16.4 Å². The monoisotopic (exact) mass is 456 g/mol. The number of para-hydroxylation sites is 1. The largest absolute Gasteiger partial charge is 0.357 e. The summed E-state index contributed by atoms with van der Waals surface area (Å²) in [5.74, 6) is 5.19. The van der Waals surface area contributed by atoms with Gasteiger partial charge in [-0.25, -0.2) is 11.4 Å². The summed E-state index contributed by atoms with van der Waals surface area (Å²) in [5.41, 5.74) is 9.89. The van der Waals surface area contributed by atoms with Crippen LogP contribution in [0.25, 0.3) is 16.6 Å². The number of H-pyrrole nitrogens is 1. The van der Waals surface area contributed by atoms with E-state index >= 15 is 0 Å². The zero-order valence-corrected chi connectivity index (χ0v) is 18.9. The molecule has 0 radical (unpaired) electrons. The zero-order valence-electron chi connectivity index (χ0n) is 18.1. The van der Waals surface area contributed by atoms with Crippen LogP contribution < -0.4 is 11.4 Å². The van der Waals surface area contributed by atoms with E-state index in [1.54, 1.807) is 0 Å². The quantitative estimate of drug-likeness (QED) is 0.196. The average molecular weight is 457 g/mol. The van der Waals surface area contributed by atoms with Crippen molar-refractivity contribution >= 4 is 28.2 Å². The van der Waals surface area contributed by atoms with E-state index in [4.69, 9.17) is 17.4 Å². The number of benzene rings is 3. The van der Waals surface area contributed by atoms with Crippen LogP contribution in [0, 0.1) is 0 Å². The summed E-state index contributed by atoms with van der Waals surface area (Å²) in [4.78, 5) is 6.22. The molecular formula is C26H25ClN6. The lowest BCUT2D eigenvalue weighted by molar-refractivity contribution is 0.202. The average Bonchev–Trinajstić information content (AvgIpc) is 3.22. The molecule has 0 fully saturated rings. The summed E-state index contributed by atoms with van der Waals surface area (Å²) in [6, 6.07) is 25.1. The molecule has 6 nitrogen and oxygen atoms in total. The number of nitrogens with one attached hydrogen (secondary N) is 2. The number of hydrogen-bond acceptors (Lipinski definition) is 4. The molecule has 33 heavy (non-hydrogen) atoms. The lowest BCUT2D eigenvalue weighted by atomic mass is 9.92. The number of nitrogens with two attached hydrogens (primary N) is 1. The van der Waals surface area contributed by atoms with Gasteiger partial charge in [0.05, 0.1) is 11.7 Å². The first kappa shape index (κ1) is 21.4. The number of hydrazine groups is 1. The lowest BCUT2D eigenvalue weighted by Crippen LogP contribution is -2.35. The van der Waals surface area contributed by atoms with E-state index in [-0.39, 0.29) is 6.04 Å². The van der Waals surface area contributed by atoms with Gasteiger partial charge in [0.2, 0.25) is 0 Å². The molecule has 0 spiro atoms. The molecule has 0 aliphatic carbocycles. The normalized spacial score (nSPS) is 16.2. The van der Waals surface area contributed by atoms with Crippen molar-refractivity contribution in [3.8, 4) is 0 Å². The standard InChI is InChI=1S/C26H25ClN6/c1-17(30-32-31-28)20-6-4-5-18(15-20)16-33-14-13-23-22-7-2-3-8-24(22)29-25(23)26(33)19-9-11-21(27)12-10-19/h2-12,15,26,29H,1,13-14,16H2,(H2,28,32)(H,30,31). The van der Waals surface area contributed by atoms with Crippen molar-refractivity contribution in [2.45, 2.75) is 19.0 Å². The van der Waals surface area contributed by atoms with Crippen molar-refractivity contribution in [1.29, 1.82) is 0 Å². The van der Waals surface area contributed by atoms with Crippen molar-refractivity contribution in [3.63, 3.8) is 0 Å². The molecule has 0 bridgehead atoms. The summed E-state index contributed by atoms with van der Waals surface area (Å²) in [7, 11) is 0.